The van der Waals surface area contributed by atoms with Gasteiger partial charge < -0.3 is 10.5 Å². The van der Waals surface area contributed by atoms with Gasteiger partial charge >= 0.3 is 0 Å². The van der Waals surface area contributed by atoms with Gasteiger partial charge in [0.2, 0.25) is 5.88 Å². The van der Waals surface area contributed by atoms with Crippen molar-refractivity contribution in [2.45, 2.75) is 34.2 Å². The van der Waals surface area contributed by atoms with Crippen molar-refractivity contribution in [1.29, 1.82) is 0 Å². The predicted molar refractivity (Wildman–Crippen MR) is 75.4 cm³/mol. The van der Waals surface area contributed by atoms with Crippen LogP contribution in [0.1, 0.15) is 27.9 Å². The van der Waals surface area contributed by atoms with Gasteiger partial charge in [-0.1, -0.05) is 6.07 Å². The van der Waals surface area contributed by atoms with Gasteiger partial charge in [-0.2, -0.15) is 5.10 Å². The molecule has 1 heterocycles. The molecular weight excluding hydrogens is 238 g/mol. The second-order valence-corrected chi connectivity index (χ2v) is 4.75. The molecule has 0 bridgehead atoms. The molecule has 0 aliphatic carbocycles. The number of hydrogen-bond acceptors (Lipinski definition) is 4. The average Bonchev–Trinajstić information content (AvgIpc) is 2.39. The standard InChI is InChI=1S/C15H19N3O/c1-9-5-6-13(7-10(9)2)19-15-14(8-16)11(3)12(4)17-18-15/h5-7H,8,16H2,1-4H3. The molecule has 0 saturated heterocycles. The molecule has 0 unspecified atom stereocenters. The summed E-state index contributed by atoms with van der Waals surface area (Å²) in [6.07, 6.45) is 0. The van der Waals surface area contributed by atoms with Crippen molar-refractivity contribution >= 4 is 0 Å². The van der Waals surface area contributed by atoms with Gasteiger partial charge in [-0.05, 0) is 56.5 Å². The molecule has 100 valence electrons. The van der Waals surface area contributed by atoms with Gasteiger partial charge in [-0.3, -0.25) is 0 Å². The summed E-state index contributed by atoms with van der Waals surface area (Å²) in [6.45, 7) is 8.42. The second-order valence-electron chi connectivity index (χ2n) is 4.75. The van der Waals surface area contributed by atoms with E-state index in [0.717, 1.165) is 22.6 Å². The smallest absolute Gasteiger partial charge is 0.243 e. The van der Waals surface area contributed by atoms with Crippen molar-refractivity contribution in [3.63, 3.8) is 0 Å². The summed E-state index contributed by atoms with van der Waals surface area (Å²) in [5, 5.41) is 8.20. The minimum absolute atomic E-state index is 0.391. The number of nitrogens with two attached hydrogens (primary N) is 1. The van der Waals surface area contributed by atoms with Crippen LogP contribution < -0.4 is 10.5 Å². The third-order valence-electron chi connectivity index (χ3n) is 3.44. The molecule has 0 amide bonds. The summed E-state index contributed by atoms with van der Waals surface area (Å²) in [7, 11) is 0. The molecule has 4 heteroatoms. The zero-order chi connectivity index (χ0) is 14.0. The zero-order valence-electron chi connectivity index (χ0n) is 11.8. The number of nitrogens with zero attached hydrogens (tertiary/aromatic N) is 2. The lowest BCUT2D eigenvalue weighted by molar-refractivity contribution is 0.446. The van der Waals surface area contributed by atoms with Crippen LogP contribution in [0.3, 0.4) is 0 Å². The fourth-order valence-corrected chi connectivity index (χ4v) is 1.85. The molecule has 4 nitrogen and oxygen atoms in total. The first-order valence-electron chi connectivity index (χ1n) is 6.31. The lowest BCUT2D eigenvalue weighted by Crippen LogP contribution is -2.07. The molecule has 2 rings (SSSR count). The first-order chi connectivity index (χ1) is 9.02. The van der Waals surface area contributed by atoms with E-state index in [1.165, 1.54) is 11.1 Å². The first-order valence-corrected chi connectivity index (χ1v) is 6.31. The Hall–Kier alpha value is -1.94. The molecule has 0 saturated carbocycles. The maximum Gasteiger partial charge on any atom is 0.243 e. The number of rotatable bonds is 3. The van der Waals surface area contributed by atoms with E-state index < -0.39 is 0 Å². The third-order valence-corrected chi connectivity index (χ3v) is 3.44. The largest absolute Gasteiger partial charge is 0.437 e. The maximum absolute atomic E-state index is 5.82. The summed E-state index contributed by atoms with van der Waals surface area (Å²) >= 11 is 0. The van der Waals surface area contributed by atoms with E-state index in [9.17, 15) is 0 Å². The Labute approximate surface area is 113 Å². The summed E-state index contributed by atoms with van der Waals surface area (Å²) in [6, 6.07) is 5.95. The number of aromatic nitrogens is 2. The topological polar surface area (TPSA) is 61.0 Å². The highest BCUT2D eigenvalue weighted by molar-refractivity contribution is 5.40. The van der Waals surface area contributed by atoms with Gasteiger partial charge in [-0.25, -0.2) is 0 Å². The maximum atomic E-state index is 5.82. The minimum atomic E-state index is 0.391. The Morgan fingerprint density at radius 1 is 1.05 bits per heavy atom. The SMILES string of the molecule is Cc1ccc(Oc2nnc(C)c(C)c2CN)cc1C. The van der Waals surface area contributed by atoms with E-state index in [1.54, 1.807) is 0 Å². The lowest BCUT2D eigenvalue weighted by atomic mass is 10.1. The first kappa shape index (κ1) is 13.5. The Balaban J connectivity index is 2.38. The van der Waals surface area contributed by atoms with E-state index in [4.69, 9.17) is 10.5 Å². The van der Waals surface area contributed by atoms with Gasteiger partial charge in [0, 0.05) is 12.1 Å². The third kappa shape index (κ3) is 2.74. The van der Waals surface area contributed by atoms with Crippen LogP contribution in [0.25, 0.3) is 0 Å². The normalized spacial score (nSPS) is 10.6. The van der Waals surface area contributed by atoms with Crippen molar-refractivity contribution in [2.24, 2.45) is 5.73 Å². The molecule has 19 heavy (non-hydrogen) atoms. The highest BCUT2D eigenvalue weighted by atomic mass is 16.5. The molecular formula is C15H19N3O. The zero-order valence-corrected chi connectivity index (χ0v) is 11.8. The van der Waals surface area contributed by atoms with E-state index >= 15 is 0 Å². The average molecular weight is 257 g/mol. The molecule has 0 aliphatic rings. The summed E-state index contributed by atoms with van der Waals surface area (Å²) < 4.78 is 5.82. The van der Waals surface area contributed by atoms with Gasteiger partial charge in [0.15, 0.2) is 0 Å². The van der Waals surface area contributed by atoms with Crippen molar-refractivity contribution in [3.05, 3.63) is 46.1 Å². The van der Waals surface area contributed by atoms with Gasteiger partial charge in [0.1, 0.15) is 5.75 Å². The van der Waals surface area contributed by atoms with E-state index in [0.29, 0.717) is 12.4 Å². The number of ether oxygens (including phenoxy) is 1. The summed E-state index contributed by atoms with van der Waals surface area (Å²) in [5.41, 5.74) is 11.0. The highest BCUT2D eigenvalue weighted by Gasteiger charge is 2.12. The van der Waals surface area contributed by atoms with Crippen molar-refractivity contribution < 1.29 is 4.74 Å². The van der Waals surface area contributed by atoms with Crippen LogP contribution in [0.5, 0.6) is 11.6 Å². The molecule has 2 aromatic rings. The molecule has 0 aliphatic heterocycles. The Morgan fingerprint density at radius 2 is 1.79 bits per heavy atom. The highest BCUT2D eigenvalue weighted by Crippen LogP contribution is 2.26. The number of aryl methyl sites for hydroxylation is 3. The van der Waals surface area contributed by atoms with Crippen molar-refractivity contribution in [3.8, 4) is 11.6 Å². The molecule has 0 fully saturated rings. The van der Waals surface area contributed by atoms with Crippen LogP contribution in [0.2, 0.25) is 0 Å². The van der Waals surface area contributed by atoms with E-state index in [1.807, 2.05) is 32.0 Å². The van der Waals surface area contributed by atoms with Crippen LogP contribution >= 0.6 is 0 Å². The molecule has 1 aromatic carbocycles. The summed E-state index contributed by atoms with van der Waals surface area (Å²) in [5.74, 6) is 1.25. The van der Waals surface area contributed by atoms with Gasteiger partial charge in [-0.15, -0.1) is 5.10 Å². The fourth-order valence-electron chi connectivity index (χ4n) is 1.85. The molecule has 0 spiro atoms. The quantitative estimate of drug-likeness (QED) is 0.918. The minimum Gasteiger partial charge on any atom is -0.437 e. The summed E-state index contributed by atoms with van der Waals surface area (Å²) in [4.78, 5) is 0. The van der Waals surface area contributed by atoms with E-state index in [-0.39, 0.29) is 0 Å². The molecule has 0 atom stereocenters. The predicted octanol–water partition coefficient (Wildman–Crippen LogP) is 2.96. The Bertz CT molecular complexity index is 609. The van der Waals surface area contributed by atoms with Gasteiger partial charge in [0.25, 0.3) is 0 Å². The van der Waals surface area contributed by atoms with Crippen LogP contribution in [0.15, 0.2) is 18.2 Å². The second kappa shape index (κ2) is 5.36. The fraction of sp³-hybridized carbons (Fsp3) is 0.333. The molecule has 1 aromatic heterocycles. The van der Waals surface area contributed by atoms with Crippen molar-refractivity contribution in [2.75, 3.05) is 0 Å². The number of benzene rings is 1. The Kier molecular flexibility index (Phi) is 3.81. The lowest BCUT2D eigenvalue weighted by Gasteiger charge is -2.12. The van der Waals surface area contributed by atoms with Crippen LogP contribution in [0, 0.1) is 27.7 Å². The molecule has 0 radical (unpaired) electrons. The Morgan fingerprint density at radius 3 is 2.42 bits per heavy atom. The van der Waals surface area contributed by atoms with Crippen LogP contribution in [-0.2, 0) is 6.54 Å². The number of hydrogen-bond donors (Lipinski definition) is 1. The molecule has 2 N–H and O–H groups in total. The van der Waals surface area contributed by atoms with E-state index in [2.05, 4.69) is 24.0 Å². The monoisotopic (exact) mass is 257 g/mol. The van der Waals surface area contributed by atoms with Crippen LogP contribution in [-0.4, -0.2) is 10.2 Å². The van der Waals surface area contributed by atoms with Crippen molar-refractivity contribution in [1.82, 2.24) is 10.2 Å². The van der Waals surface area contributed by atoms with Gasteiger partial charge in [0.05, 0.1) is 5.69 Å². The van der Waals surface area contributed by atoms with Crippen LogP contribution in [0.4, 0.5) is 0 Å².